The predicted octanol–water partition coefficient (Wildman–Crippen LogP) is 1.88. The van der Waals surface area contributed by atoms with Crippen LogP contribution in [0.5, 0.6) is 0 Å². The summed E-state index contributed by atoms with van der Waals surface area (Å²) < 4.78 is 0. The van der Waals surface area contributed by atoms with Gasteiger partial charge in [0.15, 0.2) is 0 Å². The Kier molecular flexibility index (Phi) is 3.65. The van der Waals surface area contributed by atoms with Crippen molar-refractivity contribution in [1.29, 1.82) is 0 Å². The lowest BCUT2D eigenvalue weighted by atomic mass is 9.69. The molecule has 19 heavy (non-hydrogen) atoms. The number of fused-ring (bicyclic) bond motifs is 1. The van der Waals surface area contributed by atoms with E-state index in [4.69, 9.17) is 0 Å². The molecule has 1 aliphatic heterocycles. The molecule has 0 aromatic heterocycles. The quantitative estimate of drug-likeness (QED) is 0.803. The Balaban J connectivity index is 1.58. The zero-order valence-electron chi connectivity index (χ0n) is 12.4. The molecule has 3 heteroatoms. The van der Waals surface area contributed by atoms with E-state index in [1.165, 1.54) is 19.3 Å². The van der Waals surface area contributed by atoms with Crippen molar-refractivity contribution in [3.05, 3.63) is 0 Å². The van der Waals surface area contributed by atoms with Crippen LogP contribution in [0.15, 0.2) is 0 Å². The number of hydrogen-bond donors (Lipinski definition) is 2. The van der Waals surface area contributed by atoms with Gasteiger partial charge >= 0.3 is 0 Å². The summed E-state index contributed by atoms with van der Waals surface area (Å²) in [5, 5.41) is 20.5. The fourth-order valence-electron chi connectivity index (χ4n) is 4.76. The summed E-state index contributed by atoms with van der Waals surface area (Å²) in [7, 11) is 0. The van der Waals surface area contributed by atoms with Crippen LogP contribution < -0.4 is 0 Å². The molecule has 0 aromatic rings. The molecular formula is C16H29NO2. The molecule has 0 radical (unpaired) electrons. The Morgan fingerprint density at radius 1 is 1.11 bits per heavy atom. The zero-order chi connectivity index (χ0) is 13.6. The molecule has 5 unspecified atom stereocenters. The number of likely N-dealkylation sites (tertiary alicyclic amines) is 1. The van der Waals surface area contributed by atoms with Gasteiger partial charge in [0.25, 0.3) is 0 Å². The van der Waals surface area contributed by atoms with Gasteiger partial charge in [-0.25, -0.2) is 0 Å². The van der Waals surface area contributed by atoms with E-state index in [0.29, 0.717) is 17.8 Å². The molecule has 3 nitrogen and oxygen atoms in total. The van der Waals surface area contributed by atoms with Crippen LogP contribution in [0.3, 0.4) is 0 Å². The molecule has 2 aliphatic carbocycles. The molecule has 0 aromatic carbocycles. The maximum absolute atomic E-state index is 10.5. The van der Waals surface area contributed by atoms with E-state index < -0.39 is 0 Å². The number of nitrogens with zero attached hydrogens (tertiary/aromatic N) is 1. The van der Waals surface area contributed by atoms with Crippen molar-refractivity contribution in [3.8, 4) is 0 Å². The lowest BCUT2D eigenvalue weighted by molar-refractivity contribution is -0.0420. The largest absolute Gasteiger partial charge is 0.393 e. The van der Waals surface area contributed by atoms with Gasteiger partial charge in [-0.1, -0.05) is 20.3 Å². The fourth-order valence-corrected chi connectivity index (χ4v) is 4.76. The highest BCUT2D eigenvalue weighted by molar-refractivity contribution is 4.96. The van der Waals surface area contributed by atoms with E-state index in [9.17, 15) is 10.2 Å². The van der Waals surface area contributed by atoms with Gasteiger partial charge in [0.1, 0.15) is 0 Å². The van der Waals surface area contributed by atoms with E-state index in [0.717, 1.165) is 32.5 Å². The Labute approximate surface area is 117 Å². The van der Waals surface area contributed by atoms with Crippen LogP contribution in [0.1, 0.15) is 46.0 Å². The molecule has 3 aliphatic rings. The van der Waals surface area contributed by atoms with Crippen molar-refractivity contribution in [1.82, 2.24) is 4.90 Å². The minimum Gasteiger partial charge on any atom is -0.393 e. The van der Waals surface area contributed by atoms with Gasteiger partial charge in [0.05, 0.1) is 12.2 Å². The lowest BCUT2D eigenvalue weighted by Crippen LogP contribution is -2.45. The Hall–Kier alpha value is -0.120. The number of hydrogen-bond acceptors (Lipinski definition) is 3. The van der Waals surface area contributed by atoms with Gasteiger partial charge in [-0.3, -0.25) is 0 Å². The Morgan fingerprint density at radius 3 is 2.63 bits per heavy atom. The minimum atomic E-state index is -0.161. The van der Waals surface area contributed by atoms with Gasteiger partial charge in [-0.15, -0.1) is 0 Å². The molecule has 0 spiro atoms. The summed E-state index contributed by atoms with van der Waals surface area (Å²) in [4.78, 5) is 2.51. The normalized spacial score (nSPS) is 46.4. The molecule has 1 heterocycles. The van der Waals surface area contributed by atoms with Crippen LogP contribution in [0.25, 0.3) is 0 Å². The first kappa shape index (κ1) is 13.8. The molecule has 2 saturated carbocycles. The van der Waals surface area contributed by atoms with E-state index in [1.807, 2.05) is 0 Å². The summed E-state index contributed by atoms with van der Waals surface area (Å²) in [6.45, 7) is 7.63. The summed E-state index contributed by atoms with van der Waals surface area (Å²) >= 11 is 0. The first-order chi connectivity index (χ1) is 8.97. The topological polar surface area (TPSA) is 43.7 Å². The highest BCUT2D eigenvalue weighted by atomic mass is 16.3. The van der Waals surface area contributed by atoms with Gasteiger partial charge in [-0.05, 0) is 42.9 Å². The summed E-state index contributed by atoms with van der Waals surface area (Å²) in [6, 6.07) is 0. The van der Waals surface area contributed by atoms with Crippen molar-refractivity contribution < 1.29 is 10.2 Å². The average molecular weight is 267 g/mol. The van der Waals surface area contributed by atoms with Crippen LogP contribution in [0, 0.1) is 23.2 Å². The first-order valence-corrected chi connectivity index (χ1v) is 8.06. The monoisotopic (exact) mass is 267 g/mol. The number of rotatable bonds is 2. The van der Waals surface area contributed by atoms with Gasteiger partial charge in [0, 0.05) is 25.6 Å². The van der Waals surface area contributed by atoms with Crippen molar-refractivity contribution in [2.24, 2.45) is 23.2 Å². The van der Waals surface area contributed by atoms with Crippen molar-refractivity contribution in [2.45, 2.75) is 58.2 Å². The van der Waals surface area contributed by atoms with Crippen molar-refractivity contribution in [3.63, 3.8) is 0 Å². The first-order valence-electron chi connectivity index (χ1n) is 8.06. The van der Waals surface area contributed by atoms with Crippen molar-refractivity contribution in [2.75, 3.05) is 19.6 Å². The second-order valence-electron chi connectivity index (χ2n) is 7.87. The lowest BCUT2D eigenvalue weighted by Gasteiger charge is -2.42. The molecule has 3 fully saturated rings. The standard InChI is InChI=1S/C16H29NO2/c1-16(2)7-3-4-12(15(16)19)9-17-8-11-5-6-14(18)13(11)10-17/h11-15,18-19H,3-10H2,1-2H3. The Morgan fingerprint density at radius 2 is 1.89 bits per heavy atom. The zero-order valence-corrected chi connectivity index (χ0v) is 12.4. The average Bonchev–Trinajstić information content (AvgIpc) is 2.88. The highest BCUT2D eigenvalue weighted by Gasteiger charge is 2.44. The summed E-state index contributed by atoms with van der Waals surface area (Å²) in [5.74, 6) is 1.65. The third-order valence-electron chi connectivity index (χ3n) is 6.03. The maximum atomic E-state index is 10.5. The van der Waals surface area contributed by atoms with Crippen LogP contribution in [-0.4, -0.2) is 47.0 Å². The van der Waals surface area contributed by atoms with Crippen LogP contribution >= 0.6 is 0 Å². The van der Waals surface area contributed by atoms with Crippen LogP contribution in [0.2, 0.25) is 0 Å². The van der Waals surface area contributed by atoms with E-state index in [1.54, 1.807) is 0 Å². The number of aliphatic hydroxyl groups excluding tert-OH is 2. The van der Waals surface area contributed by atoms with Gasteiger partial charge in [-0.2, -0.15) is 0 Å². The predicted molar refractivity (Wildman–Crippen MR) is 75.8 cm³/mol. The second-order valence-corrected chi connectivity index (χ2v) is 7.87. The summed E-state index contributed by atoms with van der Waals surface area (Å²) in [5.41, 5.74) is 0.0814. The molecule has 2 N–H and O–H groups in total. The summed E-state index contributed by atoms with van der Waals surface area (Å²) in [6.07, 6.45) is 5.53. The fraction of sp³-hybridized carbons (Fsp3) is 1.00. The third kappa shape index (κ3) is 2.57. The van der Waals surface area contributed by atoms with Crippen LogP contribution in [-0.2, 0) is 0 Å². The van der Waals surface area contributed by atoms with Gasteiger partial charge < -0.3 is 15.1 Å². The van der Waals surface area contributed by atoms with E-state index in [2.05, 4.69) is 18.7 Å². The second kappa shape index (κ2) is 5.01. The maximum Gasteiger partial charge on any atom is 0.0631 e. The molecule has 0 bridgehead atoms. The van der Waals surface area contributed by atoms with Crippen LogP contribution in [0.4, 0.5) is 0 Å². The molecule has 1 saturated heterocycles. The molecule has 3 rings (SSSR count). The minimum absolute atomic E-state index is 0.0669. The molecule has 0 amide bonds. The third-order valence-corrected chi connectivity index (χ3v) is 6.03. The number of aliphatic hydroxyl groups is 2. The van der Waals surface area contributed by atoms with E-state index >= 15 is 0 Å². The molecular weight excluding hydrogens is 238 g/mol. The Bertz CT molecular complexity index is 331. The van der Waals surface area contributed by atoms with Gasteiger partial charge in [0.2, 0.25) is 0 Å². The SMILES string of the molecule is CC1(C)CCCC(CN2CC3CCC(O)C3C2)C1O. The molecule has 110 valence electrons. The highest BCUT2D eigenvalue weighted by Crippen LogP contribution is 2.42. The smallest absolute Gasteiger partial charge is 0.0631 e. The van der Waals surface area contributed by atoms with Crippen molar-refractivity contribution >= 4 is 0 Å². The van der Waals surface area contributed by atoms with E-state index in [-0.39, 0.29) is 17.6 Å². The molecule has 5 atom stereocenters.